The highest BCUT2D eigenvalue weighted by Crippen LogP contribution is 2.25. The van der Waals surface area contributed by atoms with E-state index in [-0.39, 0.29) is 24.5 Å². The lowest BCUT2D eigenvalue weighted by molar-refractivity contribution is -0.133. The first-order chi connectivity index (χ1) is 17.5. The molecule has 36 heavy (non-hydrogen) atoms. The molecule has 7 heteroatoms. The van der Waals surface area contributed by atoms with Gasteiger partial charge in [0.25, 0.3) is 0 Å². The van der Waals surface area contributed by atoms with Crippen LogP contribution in [0.25, 0.3) is 0 Å². The van der Waals surface area contributed by atoms with E-state index in [0.29, 0.717) is 18.8 Å². The zero-order valence-corrected chi connectivity index (χ0v) is 21.9. The van der Waals surface area contributed by atoms with Crippen molar-refractivity contribution in [1.29, 1.82) is 0 Å². The van der Waals surface area contributed by atoms with Gasteiger partial charge in [-0.3, -0.25) is 4.79 Å². The Labute approximate surface area is 217 Å². The van der Waals surface area contributed by atoms with Gasteiger partial charge in [0.05, 0.1) is 13.7 Å². The van der Waals surface area contributed by atoms with E-state index >= 15 is 0 Å². The molecule has 3 aromatic rings. The highest BCUT2D eigenvalue weighted by molar-refractivity contribution is 7.11. The normalized spacial score (nSPS) is 13.7. The number of rotatable bonds is 9. The van der Waals surface area contributed by atoms with Gasteiger partial charge in [-0.05, 0) is 61.7 Å². The van der Waals surface area contributed by atoms with Crippen LogP contribution in [0.2, 0.25) is 0 Å². The summed E-state index contributed by atoms with van der Waals surface area (Å²) in [6, 6.07) is 21.3. The van der Waals surface area contributed by atoms with E-state index in [1.165, 1.54) is 11.3 Å². The van der Waals surface area contributed by atoms with Crippen LogP contribution >= 0.6 is 11.3 Å². The largest absolute Gasteiger partial charge is 0.497 e. The fraction of sp³-hybridized carbons (Fsp3) is 0.379. The number of aryl methyl sites for hydroxylation is 1. The summed E-state index contributed by atoms with van der Waals surface area (Å²) < 4.78 is 5.22. The number of hydrogen-bond acceptors (Lipinski definition) is 4. The van der Waals surface area contributed by atoms with Crippen LogP contribution in [-0.2, 0) is 17.9 Å². The third-order valence-corrected chi connectivity index (χ3v) is 7.62. The van der Waals surface area contributed by atoms with Crippen LogP contribution in [0, 0.1) is 6.92 Å². The Hall–Kier alpha value is -3.32. The summed E-state index contributed by atoms with van der Waals surface area (Å²) in [5.41, 5.74) is 1.76. The summed E-state index contributed by atoms with van der Waals surface area (Å²) in [4.78, 5) is 33.2. The topological polar surface area (TPSA) is 61.9 Å². The standard InChI is InChI=1S/C29H35N3O3S/c1-22-13-18-27(36-22)20-31(19-23-9-5-3-6-10-23)28(33)21-32(25-11-7-4-8-12-25)29(34)30-24-14-16-26(35-2)17-15-24/h3,5-6,9-10,13-18,25H,4,7-8,11-12,19-21H2,1-2H3,(H,30,34). The number of methoxy groups -OCH3 is 1. The molecule has 1 aliphatic rings. The van der Waals surface area contributed by atoms with E-state index in [4.69, 9.17) is 4.74 Å². The lowest BCUT2D eigenvalue weighted by Gasteiger charge is -2.35. The predicted molar refractivity (Wildman–Crippen MR) is 145 cm³/mol. The fourth-order valence-corrected chi connectivity index (χ4v) is 5.58. The van der Waals surface area contributed by atoms with Crippen LogP contribution in [0.4, 0.5) is 10.5 Å². The number of nitrogens with zero attached hydrogens (tertiary/aromatic N) is 2. The van der Waals surface area contributed by atoms with Crippen molar-refractivity contribution in [3.63, 3.8) is 0 Å². The van der Waals surface area contributed by atoms with Crippen molar-refractivity contribution in [2.75, 3.05) is 19.0 Å². The van der Waals surface area contributed by atoms with Crippen LogP contribution in [0.5, 0.6) is 5.75 Å². The number of nitrogens with one attached hydrogen (secondary N) is 1. The summed E-state index contributed by atoms with van der Waals surface area (Å²) in [5.74, 6) is 0.688. The number of urea groups is 1. The molecule has 3 amide bonds. The molecular weight excluding hydrogens is 470 g/mol. The summed E-state index contributed by atoms with van der Waals surface area (Å²) >= 11 is 1.71. The van der Waals surface area contributed by atoms with Gasteiger partial charge in [-0.25, -0.2) is 4.79 Å². The second kappa shape index (κ2) is 12.6. The van der Waals surface area contributed by atoms with E-state index in [0.717, 1.165) is 41.9 Å². The molecule has 0 saturated heterocycles. The molecular formula is C29H35N3O3S. The molecule has 4 rings (SSSR count). The number of hydrogen-bond donors (Lipinski definition) is 1. The zero-order chi connectivity index (χ0) is 25.3. The number of anilines is 1. The van der Waals surface area contributed by atoms with Gasteiger partial charge in [0, 0.05) is 28.0 Å². The average Bonchev–Trinajstić information content (AvgIpc) is 3.32. The van der Waals surface area contributed by atoms with E-state index in [1.807, 2.05) is 59.5 Å². The van der Waals surface area contributed by atoms with Gasteiger partial charge in [-0.1, -0.05) is 49.6 Å². The van der Waals surface area contributed by atoms with Crippen molar-refractivity contribution in [3.8, 4) is 5.75 Å². The molecule has 0 aliphatic heterocycles. The van der Waals surface area contributed by atoms with Crippen LogP contribution in [-0.4, -0.2) is 41.4 Å². The van der Waals surface area contributed by atoms with Gasteiger partial charge in [0.2, 0.25) is 5.91 Å². The van der Waals surface area contributed by atoms with Crippen LogP contribution in [0.3, 0.4) is 0 Å². The quantitative estimate of drug-likeness (QED) is 0.363. The number of carbonyl (C=O) groups is 2. The van der Waals surface area contributed by atoms with Crippen LogP contribution in [0.15, 0.2) is 66.7 Å². The van der Waals surface area contributed by atoms with E-state index in [1.54, 1.807) is 23.3 Å². The Balaban J connectivity index is 1.52. The van der Waals surface area contributed by atoms with Gasteiger partial charge in [0.15, 0.2) is 0 Å². The SMILES string of the molecule is COc1ccc(NC(=O)N(CC(=O)N(Cc2ccccc2)Cc2ccc(C)s2)C2CCCCC2)cc1. The Kier molecular flexibility index (Phi) is 9.01. The highest BCUT2D eigenvalue weighted by Gasteiger charge is 2.29. The first-order valence-corrected chi connectivity index (χ1v) is 13.4. The summed E-state index contributed by atoms with van der Waals surface area (Å²) in [5, 5.41) is 3.00. The van der Waals surface area contributed by atoms with Gasteiger partial charge in [-0.15, -0.1) is 11.3 Å². The first kappa shape index (κ1) is 25.8. The van der Waals surface area contributed by atoms with Gasteiger partial charge >= 0.3 is 6.03 Å². The van der Waals surface area contributed by atoms with Gasteiger partial charge in [0.1, 0.15) is 12.3 Å². The molecule has 0 unspecified atom stereocenters. The smallest absolute Gasteiger partial charge is 0.322 e. The van der Waals surface area contributed by atoms with E-state index in [9.17, 15) is 9.59 Å². The third kappa shape index (κ3) is 7.10. The van der Waals surface area contributed by atoms with E-state index in [2.05, 4.69) is 24.4 Å². The molecule has 2 aromatic carbocycles. The minimum Gasteiger partial charge on any atom is -0.497 e. The molecule has 190 valence electrons. The molecule has 1 saturated carbocycles. The van der Waals surface area contributed by atoms with Crippen molar-refractivity contribution in [2.24, 2.45) is 0 Å². The number of amides is 3. The highest BCUT2D eigenvalue weighted by atomic mass is 32.1. The second-order valence-corrected chi connectivity index (χ2v) is 10.7. The Morgan fingerprint density at radius 2 is 1.67 bits per heavy atom. The Morgan fingerprint density at radius 1 is 0.944 bits per heavy atom. The summed E-state index contributed by atoms with van der Waals surface area (Å²) in [6.07, 6.45) is 5.18. The monoisotopic (exact) mass is 505 g/mol. The van der Waals surface area contributed by atoms with E-state index < -0.39 is 0 Å². The predicted octanol–water partition coefficient (Wildman–Crippen LogP) is 6.46. The lowest BCUT2D eigenvalue weighted by Crippen LogP contribution is -2.49. The minimum absolute atomic E-state index is 0.0413. The first-order valence-electron chi connectivity index (χ1n) is 12.6. The maximum Gasteiger partial charge on any atom is 0.322 e. The van der Waals surface area contributed by atoms with Crippen molar-refractivity contribution in [3.05, 3.63) is 82.0 Å². The van der Waals surface area contributed by atoms with Crippen molar-refractivity contribution in [2.45, 2.75) is 58.2 Å². The third-order valence-electron chi connectivity index (χ3n) is 6.63. The molecule has 0 bridgehead atoms. The van der Waals surface area contributed by atoms with Crippen molar-refractivity contribution in [1.82, 2.24) is 9.80 Å². The maximum absolute atomic E-state index is 13.7. The number of ether oxygens (including phenoxy) is 1. The summed E-state index contributed by atoms with van der Waals surface area (Å²) in [7, 11) is 1.61. The van der Waals surface area contributed by atoms with Crippen molar-refractivity contribution >= 4 is 29.0 Å². The molecule has 1 aliphatic carbocycles. The lowest BCUT2D eigenvalue weighted by atomic mass is 9.94. The number of benzene rings is 2. The molecule has 0 spiro atoms. The number of carbonyl (C=O) groups excluding carboxylic acids is 2. The molecule has 0 radical (unpaired) electrons. The molecule has 0 atom stereocenters. The fourth-order valence-electron chi connectivity index (χ4n) is 4.67. The Morgan fingerprint density at radius 3 is 2.31 bits per heavy atom. The van der Waals surface area contributed by atoms with Crippen LogP contribution in [0.1, 0.15) is 47.4 Å². The Bertz CT molecular complexity index is 1120. The molecule has 6 nitrogen and oxygen atoms in total. The number of thiophene rings is 1. The molecule has 1 N–H and O–H groups in total. The van der Waals surface area contributed by atoms with Gasteiger partial charge < -0.3 is 19.9 Å². The zero-order valence-electron chi connectivity index (χ0n) is 21.1. The second-order valence-electron chi connectivity index (χ2n) is 9.33. The van der Waals surface area contributed by atoms with Gasteiger partial charge in [-0.2, -0.15) is 0 Å². The van der Waals surface area contributed by atoms with Crippen molar-refractivity contribution < 1.29 is 14.3 Å². The molecule has 1 aromatic heterocycles. The maximum atomic E-state index is 13.7. The minimum atomic E-state index is -0.230. The summed E-state index contributed by atoms with van der Waals surface area (Å²) in [6.45, 7) is 3.18. The molecule has 1 heterocycles. The van der Waals surface area contributed by atoms with Crippen LogP contribution < -0.4 is 10.1 Å². The average molecular weight is 506 g/mol. The molecule has 1 fully saturated rings.